The van der Waals surface area contributed by atoms with Gasteiger partial charge < -0.3 is 4.74 Å². The number of benzene rings is 4. The maximum absolute atomic E-state index is 13.4. The molecular weight excluding hydrogens is 422 g/mol. The number of ether oxygens (including phenoxy) is 1. The van der Waals surface area contributed by atoms with Gasteiger partial charge in [0.2, 0.25) is 5.78 Å². The number of hydrogen-bond donors (Lipinski definition) is 0. The van der Waals surface area contributed by atoms with Gasteiger partial charge in [-0.25, -0.2) is 14.4 Å². The number of hydrogen-bond acceptors (Lipinski definition) is 4. The molecule has 0 atom stereocenters. The van der Waals surface area contributed by atoms with Gasteiger partial charge >= 0.3 is 0 Å². The van der Waals surface area contributed by atoms with Crippen LogP contribution in [0.25, 0.3) is 39.2 Å². The summed E-state index contributed by atoms with van der Waals surface area (Å²) in [6, 6.07) is 36.5. The van der Waals surface area contributed by atoms with Gasteiger partial charge in [-0.1, -0.05) is 60.7 Å². The van der Waals surface area contributed by atoms with Crippen molar-refractivity contribution in [1.82, 2.24) is 14.4 Å². The lowest BCUT2D eigenvalue weighted by molar-refractivity contribution is 0.483. The normalized spacial score (nSPS) is 11.1. The number of rotatable bonds is 4. The van der Waals surface area contributed by atoms with Gasteiger partial charge in [-0.05, 0) is 60.2 Å². The van der Waals surface area contributed by atoms with Crippen LogP contribution in [0.15, 0.2) is 120 Å². The van der Waals surface area contributed by atoms with Crippen molar-refractivity contribution in [3.8, 4) is 34.0 Å². The Balaban J connectivity index is 1.52. The third-order valence-corrected chi connectivity index (χ3v) is 5.69. The smallest absolute Gasteiger partial charge is 0.267 e. The van der Waals surface area contributed by atoms with E-state index < -0.39 is 0 Å². The van der Waals surface area contributed by atoms with Crippen molar-refractivity contribution >= 4 is 16.7 Å². The molecule has 0 bridgehead atoms. The van der Waals surface area contributed by atoms with Crippen molar-refractivity contribution in [1.29, 1.82) is 0 Å². The van der Waals surface area contributed by atoms with Gasteiger partial charge in [0, 0.05) is 5.56 Å². The first-order valence-corrected chi connectivity index (χ1v) is 11.0. The highest BCUT2D eigenvalue weighted by molar-refractivity contribution is 5.81. The molecule has 6 aromatic rings. The summed E-state index contributed by atoms with van der Waals surface area (Å²) in [6.45, 7) is 0. The van der Waals surface area contributed by atoms with Crippen molar-refractivity contribution in [2.75, 3.05) is 0 Å². The zero-order valence-corrected chi connectivity index (χ0v) is 18.1. The molecule has 4 aromatic carbocycles. The molecule has 0 spiro atoms. The molecule has 0 radical (unpaired) electrons. The van der Waals surface area contributed by atoms with Crippen LogP contribution in [0.4, 0.5) is 0 Å². The fourth-order valence-corrected chi connectivity index (χ4v) is 4.03. The van der Waals surface area contributed by atoms with Crippen LogP contribution < -0.4 is 10.3 Å². The molecule has 6 rings (SSSR count). The molecular formula is C29H19N3O2. The Morgan fingerprint density at radius 2 is 1.26 bits per heavy atom. The summed E-state index contributed by atoms with van der Waals surface area (Å²) in [4.78, 5) is 22.9. The van der Waals surface area contributed by atoms with Gasteiger partial charge in [-0.15, -0.1) is 0 Å². The summed E-state index contributed by atoms with van der Waals surface area (Å²) in [5.41, 5.74) is 3.79. The zero-order valence-electron chi connectivity index (χ0n) is 18.1. The molecule has 0 fully saturated rings. The van der Waals surface area contributed by atoms with Crippen molar-refractivity contribution in [2.24, 2.45) is 0 Å². The third kappa shape index (κ3) is 3.59. The molecule has 162 valence electrons. The first-order chi connectivity index (χ1) is 16.8. The number of nitrogens with zero attached hydrogens (tertiary/aromatic N) is 3. The lowest BCUT2D eigenvalue weighted by atomic mass is 10.1. The Bertz CT molecular complexity index is 1680. The molecule has 0 saturated carbocycles. The molecule has 2 aromatic heterocycles. The largest absolute Gasteiger partial charge is 0.457 e. The van der Waals surface area contributed by atoms with E-state index in [0.29, 0.717) is 16.7 Å². The molecule has 0 unspecified atom stereocenters. The van der Waals surface area contributed by atoms with Gasteiger partial charge in [-0.3, -0.25) is 4.79 Å². The van der Waals surface area contributed by atoms with E-state index in [0.717, 1.165) is 34.0 Å². The van der Waals surface area contributed by atoms with Crippen LogP contribution in [0.1, 0.15) is 0 Å². The number of para-hydroxylation sites is 2. The summed E-state index contributed by atoms with van der Waals surface area (Å²) < 4.78 is 7.51. The van der Waals surface area contributed by atoms with Crippen molar-refractivity contribution in [2.45, 2.75) is 0 Å². The average molecular weight is 441 g/mol. The van der Waals surface area contributed by atoms with Crippen molar-refractivity contribution < 1.29 is 4.74 Å². The van der Waals surface area contributed by atoms with E-state index >= 15 is 0 Å². The average Bonchev–Trinajstić information content (AvgIpc) is 2.90. The predicted molar refractivity (Wildman–Crippen MR) is 134 cm³/mol. The Labute approximate surface area is 195 Å². The van der Waals surface area contributed by atoms with Crippen LogP contribution in [0.3, 0.4) is 0 Å². The molecule has 5 nitrogen and oxygen atoms in total. The first-order valence-electron chi connectivity index (χ1n) is 11.0. The van der Waals surface area contributed by atoms with Crippen LogP contribution in [0.5, 0.6) is 11.5 Å². The zero-order chi connectivity index (χ0) is 22.9. The number of aromatic nitrogens is 3. The van der Waals surface area contributed by atoms with E-state index in [1.165, 1.54) is 0 Å². The molecule has 0 aliphatic rings. The molecule has 0 aliphatic heterocycles. The second-order valence-corrected chi connectivity index (χ2v) is 7.90. The molecule has 2 heterocycles. The van der Waals surface area contributed by atoms with Gasteiger partial charge in [0.1, 0.15) is 11.5 Å². The first kappa shape index (κ1) is 19.9. The van der Waals surface area contributed by atoms with E-state index in [4.69, 9.17) is 14.7 Å². The molecule has 34 heavy (non-hydrogen) atoms. The fraction of sp³-hybridized carbons (Fsp3) is 0. The fourth-order valence-electron chi connectivity index (χ4n) is 4.03. The SMILES string of the molecule is O=c1c2ccccc2nc2nc(-c3ccc(Oc4ccccc4)cc3)cc(-c3ccccc3)n12. The van der Waals surface area contributed by atoms with E-state index in [2.05, 4.69) is 0 Å². The van der Waals surface area contributed by atoms with E-state index in [9.17, 15) is 4.79 Å². The Kier molecular flexibility index (Phi) is 4.85. The van der Waals surface area contributed by atoms with E-state index in [1.54, 1.807) is 10.5 Å². The summed E-state index contributed by atoms with van der Waals surface area (Å²) in [7, 11) is 0. The minimum atomic E-state index is -0.134. The Morgan fingerprint density at radius 3 is 2.03 bits per heavy atom. The van der Waals surface area contributed by atoms with Gasteiger partial charge in [0.15, 0.2) is 0 Å². The Morgan fingerprint density at radius 1 is 0.618 bits per heavy atom. The second-order valence-electron chi connectivity index (χ2n) is 7.90. The quantitative estimate of drug-likeness (QED) is 0.298. The standard InChI is InChI=1S/C29H19N3O2/c33-28-24-13-7-8-14-25(24)30-29-31-26(19-27(32(28)29)21-9-3-1-4-10-21)20-15-17-23(18-16-20)34-22-11-5-2-6-12-22/h1-19H. The maximum atomic E-state index is 13.4. The van der Waals surface area contributed by atoms with Gasteiger partial charge in [0.05, 0.1) is 22.3 Å². The maximum Gasteiger partial charge on any atom is 0.267 e. The third-order valence-electron chi connectivity index (χ3n) is 5.69. The van der Waals surface area contributed by atoms with Crippen LogP contribution in [0, 0.1) is 0 Å². The highest BCUT2D eigenvalue weighted by Gasteiger charge is 2.14. The minimum absolute atomic E-state index is 0.134. The molecule has 0 N–H and O–H groups in total. The summed E-state index contributed by atoms with van der Waals surface area (Å²) in [6.07, 6.45) is 0. The highest BCUT2D eigenvalue weighted by atomic mass is 16.5. The topological polar surface area (TPSA) is 56.5 Å². The molecule has 0 saturated heterocycles. The number of fused-ring (bicyclic) bond motifs is 2. The predicted octanol–water partition coefficient (Wildman–Crippen LogP) is 6.37. The van der Waals surface area contributed by atoms with Crippen LogP contribution >= 0.6 is 0 Å². The van der Waals surface area contributed by atoms with E-state index in [-0.39, 0.29) is 5.56 Å². The lowest BCUT2D eigenvalue weighted by Gasteiger charge is -2.12. The van der Waals surface area contributed by atoms with E-state index in [1.807, 2.05) is 109 Å². The second kappa shape index (κ2) is 8.30. The van der Waals surface area contributed by atoms with Crippen LogP contribution in [0.2, 0.25) is 0 Å². The minimum Gasteiger partial charge on any atom is -0.457 e. The van der Waals surface area contributed by atoms with Crippen molar-refractivity contribution in [3.63, 3.8) is 0 Å². The summed E-state index contributed by atoms with van der Waals surface area (Å²) >= 11 is 0. The summed E-state index contributed by atoms with van der Waals surface area (Å²) in [5, 5.41) is 0.564. The Hall–Kier alpha value is -4.77. The molecule has 0 aliphatic carbocycles. The lowest BCUT2D eigenvalue weighted by Crippen LogP contribution is -2.18. The van der Waals surface area contributed by atoms with Crippen LogP contribution in [-0.2, 0) is 0 Å². The summed E-state index contributed by atoms with van der Waals surface area (Å²) in [5.74, 6) is 1.88. The van der Waals surface area contributed by atoms with Gasteiger partial charge in [0.25, 0.3) is 5.56 Å². The van der Waals surface area contributed by atoms with Crippen molar-refractivity contribution in [3.05, 3.63) is 126 Å². The molecule has 0 amide bonds. The van der Waals surface area contributed by atoms with Crippen LogP contribution in [-0.4, -0.2) is 14.4 Å². The monoisotopic (exact) mass is 441 g/mol. The molecule has 5 heteroatoms. The highest BCUT2D eigenvalue weighted by Crippen LogP contribution is 2.28. The van der Waals surface area contributed by atoms with Gasteiger partial charge in [-0.2, -0.15) is 0 Å².